The third-order valence-electron chi connectivity index (χ3n) is 5.40. The van der Waals surface area contributed by atoms with E-state index >= 15 is 0 Å². The zero-order valence-corrected chi connectivity index (χ0v) is 17.5. The summed E-state index contributed by atoms with van der Waals surface area (Å²) < 4.78 is 2.08. The van der Waals surface area contributed by atoms with E-state index in [1.807, 2.05) is 12.1 Å². The predicted octanol–water partition coefficient (Wildman–Crippen LogP) is 5.33. The summed E-state index contributed by atoms with van der Waals surface area (Å²) >= 11 is 0. The van der Waals surface area contributed by atoms with E-state index in [1.54, 1.807) is 12.1 Å². The normalized spacial score (nSPS) is 16.1. The molecule has 0 fully saturated rings. The summed E-state index contributed by atoms with van der Waals surface area (Å²) in [6, 6.07) is 7.28. The van der Waals surface area contributed by atoms with Gasteiger partial charge in [0, 0.05) is 25.3 Å². The minimum atomic E-state index is -0.868. The average molecular weight is 394 g/mol. The summed E-state index contributed by atoms with van der Waals surface area (Å²) in [6.07, 6.45) is 13.5. The summed E-state index contributed by atoms with van der Waals surface area (Å²) in [5, 5.41) is 14.2. The highest BCUT2D eigenvalue weighted by atomic mass is 16.4. The van der Waals surface area contributed by atoms with Crippen molar-refractivity contribution in [1.82, 2.24) is 14.8 Å². The van der Waals surface area contributed by atoms with E-state index < -0.39 is 5.97 Å². The van der Waals surface area contributed by atoms with E-state index in [9.17, 15) is 9.90 Å². The number of aryl methyl sites for hydroxylation is 2. The Bertz CT molecular complexity index is 895. The van der Waals surface area contributed by atoms with Crippen LogP contribution in [0.25, 0.3) is 0 Å². The summed E-state index contributed by atoms with van der Waals surface area (Å²) in [4.78, 5) is 16.3. The molecule has 1 atom stereocenters. The Morgan fingerprint density at radius 1 is 1.21 bits per heavy atom. The van der Waals surface area contributed by atoms with E-state index in [-0.39, 0.29) is 5.92 Å². The molecular weight excluding hydrogens is 362 g/mol. The van der Waals surface area contributed by atoms with Crippen molar-refractivity contribution in [3.63, 3.8) is 0 Å². The lowest BCUT2D eigenvalue weighted by molar-refractivity contribution is 0.0695. The van der Waals surface area contributed by atoms with Crippen LogP contribution in [0.2, 0.25) is 0 Å². The van der Waals surface area contributed by atoms with Crippen molar-refractivity contribution in [2.24, 2.45) is 0 Å². The fourth-order valence-corrected chi connectivity index (χ4v) is 3.71. The van der Waals surface area contributed by atoms with E-state index in [0.717, 1.165) is 68.7 Å². The summed E-state index contributed by atoms with van der Waals surface area (Å²) in [6.45, 7) is 5.29. The Balaban J connectivity index is 1.72. The second kappa shape index (κ2) is 10.2. The first-order chi connectivity index (χ1) is 14.1. The topological polar surface area (TPSA) is 68.0 Å². The lowest BCUT2D eigenvalue weighted by Crippen LogP contribution is -2.09. The quantitative estimate of drug-likeness (QED) is 0.592. The van der Waals surface area contributed by atoms with Gasteiger partial charge < -0.3 is 5.11 Å². The Labute approximate surface area is 173 Å². The van der Waals surface area contributed by atoms with Crippen LogP contribution < -0.4 is 0 Å². The predicted molar refractivity (Wildman–Crippen MR) is 115 cm³/mol. The number of carboxylic acids is 1. The monoisotopic (exact) mass is 393 g/mol. The van der Waals surface area contributed by atoms with Gasteiger partial charge in [-0.15, -0.1) is 0 Å². The largest absolute Gasteiger partial charge is 0.478 e. The smallest absolute Gasteiger partial charge is 0.335 e. The Hall–Kier alpha value is -2.69. The number of aromatic carboxylic acids is 1. The van der Waals surface area contributed by atoms with Crippen LogP contribution >= 0.6 is 0 Å². The van der Waals surface area contributed by atoms with Crippen LogP contribution in [-0.2, 0) is 19.4 Å². The summed E-state index contributed by atoms with van der Waals surface area (Å²) in [5.41, 5.74) is 2.49. The molecule has 29 heavy (non-hydrogen) atoms. The van der Waals surface area contributed by atoms with Gasteiger partial charge in [-0.1, -0.05) is 63.1 Å². The third-order valence-corrected chi connectivity index (χ3v) is 5.40. The third kappa shape index (κ3) is 5.43. The van der Waals surface area contributed by atoms with Crippen molar-refractivity contribution >= 4 is 5.97 Å². The van der Waals surface area contributed by atoms with Crippen molar-refractivity contribution in [2.45, 2.75) is 71.3 Å². The Kier molecular flexibility index (Phi) is 7.39. The SMILES string of the molecule is CCCCc1nc(CC2=CCC(c3ccccc3C(=O)O)C=C2)n(CCCC)n1. The van der Waals surface area contributed by atoms with Crippen LogP contribution in [0.15, 0.2) is 48.1 Å². The van der Waals surface area contributed by atoms with Gasteiger partial charge in [-0.25, -0.2) is 14.5 Å². The molecule has 1 aliphatic rings. The molecule has 3 rings (SSSR count). The molecule has 5 heteroatoms. The highest BCUT2D eigenvalue weighted by Crippen LogP contribution is 2.30. The number of rotatable bonds is 10. The lowest BCUT2D eigenvalue weighted by atomic mass is 9.87. The van der Waals surface area contributed by atoms with Gasteiger partial charge in [-0.05, 0) is 36.5 Å². The summed E-state index contributed by atoms with van der Waals surface area (Å²) in [7, 11) is 0. The minimum absolute atomic E-state index is 0.101. The number of benzene rings is 1. The molecule has 0 saturated heterocycles. The fourth-order valence-electron chi connectivity index (χ4n) is 3.71. The van der Waals surface area contributed by atoms with Crippen molar-refractivity contribution in [3.05, 3.63) is 70.8 Å². The zero-order chi connectivity index (χ0) is 20.6. The van der Waals surface area contributed by atoms with Crippen LogP contribution in [0.3, 0.4) is 0 Å². The standard InChI is InChI=1S/C24H31N3O2/c1-3-5-11-22-25-23(27(26-22)16-6-4-2)17-18-12-14-19(15-13-18)20-9-7-8-10-21(20)24(28)29/h7-10,12-14,19H,3-6,11,15-17H2,1-2H3,(H,28,29). The maximum absolute atomic E-state index is 11.5. The molecule has 0 saturated carbocycles. The van der Waals surface area contributed by atoms with Crippen molar-refractivity contribution < 1.29 is 9.90 Å². The van der Waals surface area contributed by atoms with Crippen LogP contribution in [0, 0.1) is 0 Å². The van der Waals surface area contributed by atoms with Crippen LogP contribution in [0.4, 0.5) is 0 Å². The highest BCUT2D eigenvalue weighted by molar-refractivity contribution is 5.89. The van der Waals surface area contributed by atoms with Gasteiger partial charge in [0.05, 0.1) is 5.56 Å². The summed E-state index contributed by atoms with van der Waals surface area (Å²) in [5.74, 6) is 1.22. The number of nitrogens with zero attached hydrogens (tertiary/aromatic N) is 3. The minimum Gasteiger partial charge on any atom is -0.478 e. The number of hydrogen-bond acceptors (Lipinski definition) is 3. The van der Waals surface area contributed by atoms with Gasteiger partial charge >= 0.3 is 5.97 Å². The zero-order valence-electron chi connectivity index (χ0n) is 17.5. The molecule has 1 unspecified atom stereocenters. The molecule has 0 spiro atoms. The first-order valence-corrected chi connectivity index (χ1v) is 10.7. The van der Waals surface area contributed by atoms with Crippen LogP contribution in [-0.4, -0.2) is 25.8 Å². The first-order valence-electron chi connectivity index (χ1n) is 10.7. The van der Waals surface area contributed by atoms with Crippen molar-refractivity contribution in [2.75, 3.05) is 0 Å². The molecule has 2 aromatic rings. The van der Waals surface area contributed by atoms with Gasteiger partial charge in [0.1, 0.15) is 5.82 Å². The molecular formula is C24H31N3O2. The van der Waals surface area contributed by atoms with E-state index in [4.69, 9.17) is 10.1 Å². The Morgan fingerprint density at radius 2 is 2.00 bits per heavy atom. The number of carboxylic acid groups (broad SMARTS) is 1. The molecule has 5 nitrogen and oxygen atoms in total. The van der Waals surface area contributed by atoms with Crippen LogP contribution in [0.1, 0.15) is 79.4 Å². The first kappa shape index (κ1) is 21.0. The molecule has 1 heterocycles. The van der Waals surface area contributed by atoms with Gasteiger partial charge in [-0.3, -0.25) is 0 Å². The molecule has 0 radical (unpaired) electrons. The molecule has 0 amide bonds. The van der Waals surface area contributed by atoms with Gasteiger partial charge in [0.2, 0.25) is 0 Å². The van der Waals surface area contributed by atoms with Crippen molar-refractivity contribution in [1.29, 1.82) is 0 Å². The number of carbonyl (C=O) groups is 1. The molecule has 1 aromatic carbocycles. The van der Waals surface area contributed by atoms with Crippen LogP contribution in [0.5, 0.6) is 0 Å². The van der Waals surface area contributed by atoms with Gasteiger partial charge in [0.25, 0.3) is 0 Å². The lowest BCUT2D eigenvalue weighted by Gasteiger charge is -2.18. The molecule has 154 valence electrons. The maximum atomic E-state index is 11.5. The number of hydrogen-bond donors (Lipinski definition) is 1. The average Bonchev–Trinajstić information content (AvgIpc) is 3.12. The maximum Gasteiger partial charge on any atom is 0.335 e. The molecule has 1 aliphatic carbocycles. The van der Waals surface area contributed by atoms with Gasteiger partial charge in [0.15, 0.2) is 5.82 Å². The second-order valence-corrected chi connectivity index (χ2v) is 7.67. The van der Waals surface area contributed by atoms with E-state index in [1.165, 1.54) is 5.57 Å². The second-order valence-electron chi connectivity index (χ2n) is 7.67. The molecule has 1 aromatic heterocycles. The fraction of sp³-hybridized carbons (Fsp3) is 0.458. The highest BCUT2D eigenvalue weighted by Gasteiger charge is 2.19. The number of unbranched alkanes of at least 4 members (excludes halogenated alkanes) is 2. The van der Waals surface area contributed by atoms with Gasteiger partial charge in [-0.2, -0.15) is 5.10 Å². The number of aromatic nitrogens is 3. The van der Waals surface area contributed by atoms with E-state index in [0.29, 0.717) is 5.56 Å². The Morgan fingerprint density at radius 3 is 2.69 bits per heavy atom. The molecule has 0 bridgehead atoms. The molecule has 1 N–H and O–H groups in total. The van der Waals surface area contributed by atoms with E-state index in [2.05, 4.69) is 36.8 Å². The van der Waals surface area contributed by atoms with Crippen molar-refractivity contribution in [3.8, 4) is 0 Å². The number of allylic oxidation sites excluding steroid dienone is 4. The molecule has 0 aliphatic heterocycles.